The second-order valence-corrected chi connectivity index (χ2v) is 13.1. The third-order valence-corrected chi connectivity index (χ3v) is 10.8. The van der Waals surface area contributed by atoms with Crippen molar-refractivity contribution in [3.05, 3.63) is 104 Å². The first-order valence-electron chi connectivity index (χ1n) is 17.0. The zero-order chi connectivity index (χ0) is 35.3. The first-order valence-corrected chi connectivity index (χ1v) is 17.0. The average Bonchev–Trinajstić information content (AvgIpc) is 3.44. The summed E-state index contributed by atoms with van der Waals surface area (Å²) in [5, 5.41) is 24.1. The van der Waals surface area contributed by atoms with Crippen molar-refractivity contribution >= 4 is 0 Å². The lowest BCUT2D eigenvalue weighted by Gasteiger charge is -2.48. The van der Waals surface area contributed by atoms with Crippen molar-refractivity contribution in [2.75, 3.05) is 0 Å². The summed E-state index contributed by atoms with van der Waals surface area (Å²) < 4.78 is 88.1. The minimum absolute atomic E-state index is 0.0206. The van der Waals surface area contributed by atoms with Gasteiger partial charge in [-0.05, 0) is 85.4 Å². The summed E-state index contributed by atoms with van der Waals surface area (Å²) in [6.45, 7) is 11.5. The van der Waals surface area contributed by atoms with Gasteiger partial charge in [-0.25, -0.2) is 0 Å². The van der Waals surface area contributed by atoms with Gasteiger partial charge < -0.3 is 19.3 Å². The molecule has 3 aromatic rings. The van der Waals surface area contributed by atoms with Crippen LogP contribution in [0.2, 0.25) is 0 Å². The fraction of sp³-hybridized carbons (Fsp3) is 0.526. The Morgan fingerprint density at radius 2 is 1.19 bits per heavy atom. The molecule has 48 heavy (non-hydrogen) atoms. The summed E-state index contributed by atoms with van der Waals surface area (Å²) in [6.07, 6.45) is -4.25. The number of aromatic nitrogens is 2. The van der Waals surface area contributed by atoms with Crippen molar-refractivity contribution in [1.29, 1.82) is 0 Å². The highest BCUT2D eigenvalue weighted by Crippen LogP contribution is 2.53. The van der Waals surface area contributed by atoms with Gasteiger partial charge in [-0.15, -0.1) is 0 Å². The van der Waals surface area contributed by atoms with Crippen LogP contribution in [0.3, 0.4) is 0 Å². The van der Waals surface area contributed by atoms with Crippen LogP contribution >= 0.6 is 0 Å². The van der Waals surface area contributed by atoms with Crippen molar-refractivity contribution in [1.82, 2.24) is 9.13 Å². The molecule has 2 heterocycles. The van der Waals surface area contributed by atoms with Gasteiger partial charge in [0, 0.05) is 35.9 Å². The molecule has 0 saturated heterocycles. The Morgan fingerprint density at radius 1 is 0.708 bits per heavy atom. The molecule has 2 aliphatic rings. The van der Waals surface area contributed by atoms with Crippen LogP contribution in [0.1, 0.15) is 102 Å². The van der Waals surface area contributed by atoms with Gasteiger partial charge in [-0.3, -0.25) is 0 Å². The van der Waals surface area contributed by atoms with E-state index in [4.69, 9.17) is 0 Å². The summed E-state index contributed by atoms with van der Waals surface area (Å²) in [4.78, 5) is 0. The van der Waals surface area contributed by atoms with Crippen LogP contribution in [0.5, 0.6) is 0 Å². The van der Waals surface area contributed by atoms with Crippen LogP contribution in [0.15, 0.2) is 48.1 Å². The van der Waals surface area contributed by atoms with E-state index >= 15 is 0 Å². The smallest absolute Gasteiger partial charge is 0.392 e. The van der Waals surface area contributed by atoms with Gasteiger partial charge in [-0.2, -0.15) is 26.3 Å². The van der Waals surface area contributed by atoms with Crippen LogP contribution in [0.4, 0.5) is 26.3 Å². The van der Waals surface area contributed by atoms with E-state index in [0.29, 0.717) is 37.1 Å². The molecule has 2 N–H and O–H groups in total. The summed E-state index contributed by atoms with van der Waals surface area (Å²) in [5.74, 6) is -3.20. The number of halogens is 6. The fourth-order valence-electron chi connectivity index (χ4n) is 8.48. The van der Waals surface area contributed by atoms with E-state index in [-0.39, 0.29) is 30.6 Å². The van der Waals surface area contributed by atoms with Gasteiger partial charge in [-0.1, -0.05) is 64.1 Å². The standard InChI is InChI=1S/C38H46F6N2O2/c1-7-25-21(5)45(19-23-15-11-13-17-29(23)37(39,40)41)33(27(25)9-3)31-35(47)32(36(31)48)34-28(10-4)26(8-2)22(6)46(34)20-24-16-12-14-18-30(24)38(42,43)44/h11-17,30-32,35-36,47-48H,7-10,18-20H2,1-6H3. The lowest BCUT2D eigenvalue weighted by atomic mass is 9.64. The average molecular weight is 677 g/mol. The molecular formula is C38H46F6N2O2. The van der Waals surface area contributed by atoms with Crippen LogP contribution in [-0.2, 0) is 44.9 Å². The number of alkyl halides is 6. The van der Waals surface area contributed by atoms with E-state index in [1.807, 2.05) is 50.7 Å². The first kappa shape index (κ1) is 36.1. The van der Waals surface area contributed by atoms with E-state index in [1.165, 1.54) is 24.3 Å². The Hall–Kier alpha value is -3.24. The molecule has 4 nitrogen and oxygen atoms in total. The van der Waals surface area contributed by atoms with Gasteiger partial charge in [0.2, 0.25) is 0 Å². The number of aliphatic hydroxyl groups is 2. The van der Waals surface area contributed by atoms with E-state index in [2.05, 4.69) is 0 Å². The summed E-state index contributed by atoms with van der Waals surface area (Å²) in [6, 6.07) is 5.45. The summed E-state index contributed by atoms with van der Waals surface area (Å²) in [7, 11) is 0. The van der Waals surface area contributed by atoms with E-state index < -0.39 is 47.9 Å². The van der Waals surface area contributed by atoms with Crippen LogP contribution in [0, 0.1) is 19.8 Å². The first-order chi connectivity index (χ1) is 22.6. The Balaban J connectivity index is 1.61. The number of nitrogens with zero attached hydrogens (tertiary/aromatic N) is 2. The minimum atomic E-state index is -4.55. The second-order valence-electron chi connectivity index (χ2n) is 13.1. The molecule has 5 rings (SSSR count). The highest BCUT2D eigenvalue weighted by Gasteiger charge is 2.55. The monoisotopic (exact) mass is 676 g/mol. The highest BCUT2D eigenvalue weighted by atomic mass is 19.4. The maximum atomic E-state index is 14.1. The zero-order valence-electron chi connectivity index (χ0n) is 28.4. The number of hydrogen-bond acceptors (Lipinski definition) is 2. The predicted octanol–water partition coefficient (Wildman–Crippen LogP) is 8.89. The predicted molar refractivity (Wildman–Crippen MR) is 175 cm³/mol. The largest absolute Gasteiger partial charge is 0.416 e. The SMILES string of the molecule is CCc1c(CC)c(C2C(O)C(c3c(CC)c(CC)c(C)n3Cc3ccccc3C(F)(F)F)C2O)n(CC2=CC=CCC2C(F)(F)F)c1C. The molecule has 0 bridgehead atoms. The molecule has 1 fully saturated rings. The molecule has 262 valence electrons. The molecule has 1 saturated carbocycles. The topological polar surface area (TPSA) is 50.3 Å². The van der Waals surface area contributed by atoms with Crippen molar-refractivity contribution in [3.63, 3.8) is 0 Å². The maximum absolute atomic E-state index is 14.1. The third-order valence-electron chi connectivity index (χ3n) is 10.8. The number of allylic oxidation sites excluding steroid dienone is 4. The Kier molecular flexibility index (Phi) is 10.2. The van der Waals surface area contributed by atoms with Crippen molar-refractivity contribution in [2.45, 2.75) is 123 Å². The molecule has 0 spiro atoms. The van der Waals surface area contributed by atoms with Crippen LogP contribution in [0.25, 0.3) is 0 Å². The molecule has 0 radical (unpaired) electrons. The summed E-state index contributed by atoms with van der Waals surface area (Å²) in [5.41, 5.74) is 6.27. The fourth-order valence-corrected chi connectivity index (χ4v) is 8.48. The third kappa shape index (κ3) is 6.08. The second kappa shape index (κ2) is 13.6. The van der Waals surface area contributed by atoms with Crippen molar-refractivity contribution < 1.29 is 36.6 Å². The van der Waals surface area contributed by atoms with Crippen molar-refractivity contribution in [2.24, 2.45) is 5.92 Å². The van der Waals surface area contributed by atoms with Gasteiger partial charge in [0.1, 0.15) is 0 Å². The normalized spacial score (nSPS) is 23.0. The molecule has 2 aliphatic carbocycles. The minimum Gasteiger partial charge on any atom is -0.392 e. The Bertz CT molecular complexity index is 1700. The molecule has 0 amide bonds. The Morgan fingerprint density at radius 3 is 1.65 bits per heavy atom. The van der Waals surface area contributed by atoms with Crippen LogP contribution < -0.4 is 0 Å². The lowest BCUT2D eigenvalue weighted by molar-refractivity contribution is -0.164. The maximum Gasteiger partial charge on any atom is 0.416 e. The van der Waals surface area contributed by atoms with E-state index in [9.17, 15) is 36.6 Å². The quantitative estimate of drug-likeness (QED) is 0.211. The Labute approximate surface area is 278 Å². The molecule has 3 unspecified atom stereocenters. The van der Waals surface area contributed by atoms with Gasteiger partial charge in [0.15, 0.2) is 0 Å². The van der Waals surface area contributed by atoms with Gasteiger partial charge >= 0.3 is 12.4 Å². The molecule has 0 aliphatic heterocycles. The van der Waals surface area contributed by atoms with Gasteiger partial charge in [0.25, 0.3) is 0 Å². The number of benzene rings is 1. The lowest BCUT2D eigenvalue weighted by Crippen LogP contribution is -2.53. The molecule has 2 aromatic heterocycles. The number of aliphatic hydroxyl groups excluding tert-OH is 2. The van der Waals surface area contributed by atoms with Gasteiger partial charge in [0.05, 0.1) is 35.5 Å². The number of hydrogen-bond donors (Lipinski definition) is 2. The van der Waals surface area contributed by atoms with Crippen LogP contribution in [-0.4, -0.2) is 37.7 Å². The molecular weight excluding hydrogens is 630 g/mol. The molecule has 1 aromatic carbocycles. The zero-order valence-corrected chi connectivity index (χ0v) is 28.4. The molecule has 10 heteroatoms. The van der Waals surface area contributed by atoms with E-state index in [0.717, 1.165) is 39.7 Å². The van der Waals surface area contributed by atoms with Crippen molar-refractivity contribution in [3.8, 4) is 0 Å². The summed E-state index contributed by atoms with van der Waals surface area (Å²) >= 11 is 0. The highest BCUT2D eigenvalue weighted by molar-refractivity contribution is 5.49. The number of rotatable bonds is 10. The van der Waals surface area contributed by atoms with E-state index in [1.54, 1.807) is 12.1 Å². The molecule has 3 atom stereocenters.